The summed E-state index contributed by atoms with van der Waals surface area (Å²) >= 11 is 1.64. The van der Waals surface area contributed by atoms with Crippen molar-refractivity contribution in [2.24, 2.45) is 0 Å². The molecular weight excluding hydrogens is 326 g/mol. The van der Waals surface area contributed by atoms with E-state index in [0.717, 1.165) is 70.0 Å². The molecule has 7 heteroatoms. The van der Waals surface area contributed by atoms with Crippen molar-refractivity contribution in [3.63, 3.8) is 0 Å². The van der Waals surface area contributed by atoms with Gasteiger partial charge >= 0.3 is 0 Å². The van der Waals surface area contributed by atoms with Gasteiger partial charge in [0.05, 0.1) is 13.2 Å². The fraction of sp³-hybridized carbons (Fsp3) is 0.647. The molecule has 0 atom stereocenters. The molecule has 2 saturated heterocycles. The predicted molar refractivity (Wildman–Crippen MR) is 91.0 cm³/mol. The Hall–Kier alpha value is -1.28. The predicted octanol–water partition coefficient (Wildman–Crippen LogP) is 3.13. The van der Waals surface area contributed by atoms with Crippen molar-refractivity contribution in [3.05, 3.63) is 22.7 Å². The SMILES string of the molecule is c1cc(-c2nnc(C3CCN(CCC4OCCCO4)CC3)o2)cs1. The monoisotopic (exact) mass is 349 g/mol. The van der Waals surface area contributed by atoms with Gasteiger partial charge in [0.1, 0.15) is 0 Å². The van der Waals surface area contributed by atoms with Crippen LogP contribution in [0.25, 0.3) is 11.5 Å². The molecule has 2 aromatic rings. The Balaban J connectivity index is 1.25. The third-order valence-electron chi connectivity index (χ3n) is 4.72. The molecule has 2 aliphatic rings. The van der Waals surface area contributed by atoms with Crippen molar-refractivity contribution < 1.29 is 13.9 Å². The van der Waals surface area contributed by atoms with Crippen LogP contribution in [-0.2, 0) is 9.47 Å². The van der Waals surface area contributed by atoms with E-state index in [1.807, 2.05) is 16.8 Å². The minimum Gasteiger partial charge on any atom is -0.420 e. The first-order valence-corrected chi connectivity index (χ1v) is 9.64. The van der Waals surface area contributed by atoms with Crippen LogP contribution in [0.1, 0.15) is 37.5 Å². The van der Waals surface area contributed by atoms with Gasteiger partial charge in [-0.1, -0.05) is 0 Å². The molecule has 0 N–H and O–H groups in total. The van der Waals surface area contributed by atoms with Gasteiger partial charge in [0.2, 0.25) is 11.8 Å². The van der Waals surface area contributed by atoms with Gasteiger partial charge in [-0.25, -0.2) is 0 Å². The molecule has 2 fully saturated rings. The van der Waals surface area contributed by atoms with Crippen molar-refractivity contribution in [2.45, 2.75) is 37.9 Å². The van der Waals surface area contributed by atoms with Crippen LogP contribution in [0.4, 0.5) is 0 Å². The highest BCUT2D eigenvalue weighted by atomic mass is 32.1. The van der Waals surface area contributed by atoms with Gasteiger partial charge in [0.25, 0.3) is 0 Å². The van der Waals surface area contributed by atoms with E-state index in [9.17, 15) is 0 Å². The molecule has 4 heterocycles. The zero-order valence-electron chi connectivity index (χ0n) is 13.7. The van der Waals surface area contributed by atoms with E-state index in [4.69, 9.17) is 13.9 Å². The second-order valence-corrected chi connectivity index (χ2v) is 7.17. The first-order chi connectivity index (χ1) is 11.9. The van der Waals surface area contributed by atoms with E-state index in [1.165, 1.54) is 0 Å². The molecule has 0 saturated carbocycles. The van der Waals surface area contributed by atoms with Crippen LogP contribution in [0.3, 0.4) is 0 Å². The van der Waals surface area contributed by atoms with Crippen LogP contribution >= 0.6 is 11.3 Å². The van der Waals surface area contributed by atoms with Crippen LogP contribution < -0.4 is 0 Å². The molecule has 0 amide bonds. The average Bonchev–Trinajstić information content (AvgIpc) is 3.33. The third kappa shape index (κ3) is 3.85. The minimum absolute atomic E-state index is 0.0133. The number of likely N-dealkylation sites (tertiary alicyclic amines) is 1. The number of hydrogen-bond donors (Lipinski definition) is 0. The van der Waals surface area contributed by atoms with Gasteiger partial charge in [0, 0.05) is 29.8 Å². The first-order valence-electron chi connectivity index (χ1n) is 8.70. The fourth-order valence-electron chi connectivity index (χ4n) is 3.30. The summed E-state index contributed by atoms with van der Waals surface area (Å²) < 4.78 is 17.1. The molecule has 2 aliphatic heterocycles. The molecule has 0 unspecified atom stereocenters. The number of thiophene rings is 1. The van der Waals surface area contributed by atoms with Gasteiger partial charge in [-0.05, 0) is 43.8 Å². The topological polar surface area (TPSA) is 60.6 Å². The molecule has 4 rings (SSSR count). The lowest BCUT2D eigenvalue weighted by atomic mass is 9.97. The van der Waals surface area contributed by atoms with E-state index in [0.29, 0.717) is 11.8 Å². The van der Waals surface area contributed by atoms with Gasteiger partial charge in [-0.15, -0.1) is 10.2 Å². The van der Waals surface area contributed by atoms with Gasteiger partial charge in [0.15, 0.2) is 6.29 Å². The average molecular weight is 349 g/mol. The molecule has 0 aliphatic carbocycles. The Morgan fingerprint density at radius 3 is 2.75 bits per heavy atom. The van der Waals surface area contributed by atoms with E-state index in [1.54, 1.807) is 11.3 Å². The lowest BCUT2D eigenvalue weighted by molar-refractivity contribution is -0.182. The van der Waals surface area contributed by atoms with E-state index >= 15 is 0 Å². The van der Waals surface area contributed by atoms with Crippen molar-refractivity contribution in [2.75, 3.05) is 32.8 Å². The highest BCUT2D eigenvalue weighted by Crippen LogP contribution is 2.30. The second-order valence-electron chi connectivity index (χ2n) is 6.39. The molecule has 0 radical (unpaired) electrons. The smallest absolute Gasteiger partial charge is 0.248 e. The zero-order chi connectivity index (χ0) is 16.2. The van der Waals surface area contributed by atoms with Crippen molar-refractivity contribution >= 4 is 11.3 Å². The summed E-state index contributed by atoms with van der Waals surface area (Å²) in [6, 6.07) is 2.01. The largest absolute Gasteiger partial charge is 0.420 e. The molecule has 24 heavy (non-hydrogen) atoms. The lowest BCUT2D eigenvalue weighted by Crippen LogP contribution is -2.36. The van der Waals surface area contributed by atoms with Crippen LogP contribution in [0.5, 0.6) is 0 Å². The third-order valence-corrected chi connectivity index (χ3v) is 5.41. The highest BCUT2D eigenvalue weighted by molar-refractivity contribution is 7.08. The van der Waals surface area contributed by atoms with E-state index in [2.05, 4.69) is 15.1 Å². The van der Waals surface area contributed by atoms with Crippen molar-refractivity contribution in [1.29, 1.82) is 0 Å². The summed E-state index contributed by atoms with van der Waals surface area (Å²) in [6.45, 7) is 4.81. The maximum Gasteiger partial charge on any atom is 0.248 e. The Morgan fingerprint density at radius 2 is 2.00 bits per heavy atom. The Kier molecular flexibility index (Phi) is 5.22. The summed E-state index contributed by atoms with van der Waals surface area (Å²) in [6.07, 6.45) is 4.09. The van der Waals surface area contributed by atoms with Crippen LogP contribution in [-0.4, -0.2) is 54.2 Å². The number of hydrogen-bond acceptors (Lipinski definition) is 7. The summed E-state index contributed by atoms with van der Waals surface area (Å²) in [5.74, 6) is 1.80. The lowest BCUT2D eigenvalue weighted by Gasteiger charge is -2.32. The Morgan fingerprint density at radius 1 is 1.17 bits per heavy atom. The van der Waals surface area contributed by atoms with Gasteiger partial charge < -0.3 is 18.8 Å². The van der Waals surface area contributed by atoms with Crippen molar-refractivity contribution in [1.82, 2.24) is 15.1 Å². The maximum atomic E-state index is 5.88. The molecular formula is C17H23N3O3S. The summed E-state index contributed by atoms with van der Waals surface area (Å²) in [5.41, 5.74) is 1.02. The molecule has 0 spiro atoms. The van der Waals surface area contributed by atoms with E-state index in [-0.39, 0.29) is 6.29 Å². The molecule has 2 aromatic heterocycles. The van der Waals surface area contributed by atoms with Crippen LogP contribution in [0, 0.1) is 0 Å². The molecule has 6 nitrogen and oxygen atoms in total. The number of ether oxygens (including phenoxy) is 2. The molecule has 0 aromatic carbocycles. The van der Waals surface area contributed by atoms with Crippen LogP contribution in [0.15, 0.2) is 21.2 Å². The standard InChI is InChI=1S/C17H23N3O3S/c1-9-21-15(22-10-1)4-8-20-6-2-13(3-7-20)16-18-19-17(23-16)14-5-11-24-12-14/h5,11-13,15H,1-4,6-10H2. The second kappa shape index (κ2) is 7.74. The molecule has 130 valence electrons. The number of piperidine rings is 1. The first kappa shape index (κ1) is 16.2. The minimum atomic E-state index is -0.0133. The number of aromatic nitrogens is 2. The summed E-state index contributed by atoms with van der Waals surface area (Å²) in [4.78, 5) is 2.48. The Bertz CT molecular complexity index is 617. The fourth-order valence-corrected chi connectivity index (χ4v) is 3.93. The summed E-state index contributed by atoms with van der Waals surface area (Å²) in [7, 11) is 0. The van der Waals surface area contributed by atoms with Gasteiger partial charge in [-0.3, -0.25) is 0 Å². The normalized spacial score (nSPS) is 21.3. The zero-order valence-corrected chi connectivity index (χ0v) is 14.5. The quantitative estimate of drug-likeness (QED) is 0.826. The molecule has 0 bridgehead atoms. The Labute approximate surface area is 145 Å². The van der Waals surface area contributed by atoms with Crippen molar-refractivity contribution in [3.8, 4) is 11.5 Å². The maximum absolute atomic E-state index is 5.88. The van der Waals surface area contributed by atoms with Crippen LogP contribution in [0.2, 0.25) is 0 Å². The van der Waals surface area contributed by atoms with E-state index < -0.39 is 0 Å². The van der Waals surface area contributed by atoms with Gasteiger partial charge in [-0.2, -0.15) is 11.3 Å². The summed E-state index contributed by atoms with van der Waals surface area (Å²) in [5, 5.41) is 12.5. The number of nitrogens with zero attached hydrogens (tertiary/aromatic N) is 3. The highest BCUT2D eigenvalue weighted by Gasteiger charge is 2.26. The number of rotatable bonds is 5.